The lowest BCUT2D eigenvalue weighted by Crippen LogP contribution is -2.00. The predicted octanol–water partition coefficient (Wildman–Crippen LogP) is 1.16. The maximum Gasteiger partial charge on any atom is 0.226 e. The second kappa shape index (κ2) is 4.57. The summed E-state index contributed by atoms with van der Waals surface area (Å²) in [6.07, 6.45) is 3.22. The van der Waals surface area contributed by atoms with E-state index >= 15 is 0 Å². The molecule has 0 atom stereocenters. The molecule has 3 rings (SSSR count). The Morgan fingerprint density at radius 3 is 3.00 bits per heavy atom. The van der Waals surface area contributed by atoms with E-state index in [9.17, 15) is 5.11 Å². The molecular formula is C12H12N6O2. The Bertz CT molecular complexity index is 770. The zero-order chi connectivity index (χ0) is 14.1. The lowest BCUT2D eigenvalue weighted by molar-refractivity contribution is 0.413. The summed E-state index contributed by atoms with van der Waals surface area (Å²) in [6, 6.07) is 4.84. The largest absolute Gasteiger partial charge is 0.506 e. The van der Waals surface area contributed by atoms with Crippen molar-refractivity contribution >= 4 is 23.1 Å². The van der Waals surface area contributed by atoms with Crippen LogP contribution in [0.1, 0.15) is 0 Å². The van der Waals surface area contributed by atoms with Gasteiger partial charge in [-0.15, -0.1) is 10.2 Å². The summed E-state index contributed by atoms with van der Waals surface area (Å²) in [5, 5.41) is 20.6. The van der Waals surface area contributed by atoms with Crippen LogP contribution in [0.4, 0.5) is 17.5 Å². The minimum absolute atomic E-state index is 0.0714. The third-order valence-corrected chi connectivity index (χ3v) is 2.81. The maximum absolute atomic E-state index is 9.86. The molecule has 8 nitrogen and oxygen atoms in total. The smallest absolute Gasteiger partial charge is 0.226 e. The standard InChI is InChI=1S/C12H12N6O2/c1-20-7-2-3-9(19)8(6-7)15-10-11-16-17-12(13)18(11)5-4-14-10/h2-6,19H,1H3,(H2,13,17)(H,14,15). The Labute approximate surface area is 113 Å². The van der Waals surface area contributed by atoms with Crippen molar-refractivity contribution in [2.24, 2.45) is 0 Å². The Kier molecular flexibility index (Phi) is 2.75. The number of aromatic nitrogens is 4. The first-order chi connectivity index (χ1) is 9.69. The fourth-order valence-electron chi connectivity index (χ4n) is 1.80. The molecule has 0 saturated carbocycles. The number of nitrogens with two attached hydrogens (primary N) is 1. The summed E-state index contributed by atoms with van der Waals surface area (Å²) in [5.74, 6) is 1.38. The normalized spacial score (nSPS) is 10.7. The third kappa shape index (κ3) is 1.92. The SMILES string of the molecule is COc1ccc(O)c(Nc2nccn3c(N)nnc23)c1. The number of benzene rings is 1. The molecule has 102 valence electrons. The summed E-state index contributed by atoms with van der Waals surface area (Å²) >= 11 is 0. The first-order valence-corrected chi connectivity index (χ1v) is 5.78. The van der Waals surface area contributed by atoms with Crippen molar-refractivity contribution in [3.05, 3.63) is 30.6 Å². The number of hydrogen-bond donors (Lipinski definition) is 3. The molecule has 0 fully saturated rings. The monoisotopic (exact) mass is 272 g/mol. The van der Waals surface area contributed by atoms with Gasteiger partial charge in [-0.05, 0) is 12.1 Å². The van der Waals surface area contributed by atoms with Crippen LogP contribution in [0.25, 0.3) is 5.65 Å². The number of aromatic hydroxyl groups is 1. The molecule has 0 radical (unpaired) electrons. The van der Waals surface area contributed by atoms with Gasteiger partial charge in [0.05, 0.1) is 12.8 Å². The van der Waals surface area contributed by atoms with E-state index in [4.69, 9.17) is 10.5 Å². The molecule has 0 aliphatic rings. The summed E-state index contributed by atoms with van der Waals surface area (Å²) in [4.78, 5) is 4.17. The van der Waals surface area contributed by atoms with Crippen LogP contribution in [0.15, 0.2) is 30.6 Å². The predicted molar refractivity (Wildman–Crippen MR) is 73.1 cm³/mol. The van der Waals surface area contributed by atoms with Crippen molar-refractivity contribution < 1.29 is 9.84 Å². The number of phenolic OH excluding ortho intramolecular Hbond substituents is 1. The van der Waals surface area contributed by atoms with Crippen molar-refractivity contribution in [1.82, 2.24) is 19.6 Å². The number of nitrogens with one attached hydrogen (secondary N) is 1. The van der Waals surface area contributed by atoms with E-state index in [1.165, 1.54) is 6.07 Å². The van der Waals surface area contributed by atoms with Crippen molar-refractivity contribution in [1.29, 1.82) is 0 Å². The molecule has 4 N–H and O–H groups in total. The van der Waals surface area contributed by atoms with Crippen LogP contribution in [-0.2, 0) is 0 Å². The van der Waals surface area contributed by atoms with E-state index in [1.807, 2.05) is 0 Å². The number of nitrogens with zero attached hydrogens (tertiary/aromatic N) is 4. The number of anilines is 3. The highest BCUT2D eigenvalue weighted by Gasteiger charge is 2.10. The Morgan fingerprint density at radius 1 is 1.35 bits per heavy atom. The number of methoxy groups -OCH3 is 1. The number of rotatable bonds is 3. The second-order valence-corrected chi connectivity index (χ2v) is 4.04. The second-order valence-electron chi connectivity index (χ2n) is 4.04. The third-order valence-electron chi connectivity index (χ3n) is 2.81. The van der Waals surface area contributed by atoms with Gasteiger partial charge in [0.2, 0.25) is 11.6 Å². The molecule has 1 aromatic carbocycles. The molecule has 0 bridgehead atoms. The highest BCUT2D eigenvalue weighted by atomic mass is 16.5. The van der Waals surface area contributed by atoms with Crippen molar-refractivity contribution in [3.63, 3.8) is 0 Å². The molecule has 0 spiro atoms. The number of fused-ring (bicyclic) bond motifs is 1. The molecule has 0 aliphatic heterocycles. The number of ether oxygens (including phenoxy) is 1. The molecule has 2 aromatic heterocycles. The van der Waals surface area contributed by atoms with Gasteiger partial charge in [0.15, 0.2) is 5.82 Å². The fourth-order valence-corrected chi connectivity index (χ4v) is 1.80. The zero-order valence-electron chi connectivity index (χ0n) is 10.6. The van der Waals surface area contributed by atoms with Crippen molar-refractivity contribution in [3.8, 4) is 11.5 Å². The minimum Gasteiger partial charge on any atom is -0.506 e. The van der Waals surface area contributed by atoms with Gasteiger partial charge >= 0.3 is 0 Å². The summed E-state index contributed by atoms with van der Waals surface area (Å²) < 4.78 is 6.70. The first-order valence-electron chi connectivity index (χ1n) is 5.78. The molecule has 3 aromatic rings. The van der Waals surface area contributed by atoms with Gasteiger partial charge in [0.1, 0.15) is 11.5 Å². The van der Waals surface area contributed by atoms with Gasteiger partial charge < -0.3 is 20.9 Å². The molecule has 20 heavy (non-hydrogen) atoms. The average molecular weight is 272 g/mol. The van der Waals surface area contributed by atoms with Gasteiger partial charge in [0, 0.05) is 18.5 Å². The Balaban J connectivity index is 2.05. The number of hydrogen-bond acceptors (Lipinski definition) is 7. The Hall–Kier alpha value is -3.03. The number of phenols is 1. The van der Waals surface area contributed by atoms with E-state index in [2.05, 4.69) is 20.5 Å². The van der Waals surface area contributed by atoms with Gasteiger partial charge in [0.25, 0.3) is 0 Å². The maximum atomic E-state index is 9.86. The summed E-state index contributed by atoms with van der Waals surface area (Å²) in [5.41, 5.74) is 6.59. The minimum atomic E-state index is 0.0714. The van der Waals surface area contributed by atoms with E-state index in [-0.39, 0.29) is 11.7 Å². The van der Waals surface area contributed by atoms with E-state index in [0.29, 0.717) is 22.9 Å². The van der Waals surface area contributed by atoms with Crippen LogP contribution in [0.2, 0.25) is 0 Å². The lowest BCUT2D eigenvalue weighted by Gasteiger charge is -2.09. The highest BCUT2D eigenvalue weighted by molar-refractivity contribution is 5.74. The van der Waals surface area contributed by atoms with Gasteiger partial charge in [-0.25, -0.2) is 4.98 Å². The van der Waals surface area contributed by atoms with Crippen LogP contribution >= 0.6 is 0 Å². The number of nitrogen functional groups attached to an aromatic ring is 1. The van der Waals surface area contributed by atoms with Gasteiger partial charge in [-0.2, -0.15) is 0 Å². The lowest BCUT2D eigenvalue weighted by atomic mass is 10.2. The quantitative estimate of drug-likeness (QED) is 0.613. The van der Waals surface area contributed by atoms with Crippen LogP contribution in [-0.4, -0.2) is 31.8 Å². The molecule has 8 heteroatoms. The van der Waals surface area contributed by atoms with Gasteiger partial charge in [-0.1, -0.05) is 0 Å². The van der Waals surface area contributed by atoms with E-state index < -0.39 is 0 Å². The molecule has 0 aliphatic carbocycles. The van der Waals surface area contributed by atoms with Crippen molar-refractivity contribution in [2.75, 3.05) is 18.2 Å². The summed E-state index contributed by atoms with van der Waals surface area (Å²) in [7, 11) is 1.55. The average Bonchev–Trinajstić information content (AvgIpc) is 2.84. The van der Waals surface area contributed by atoms with E-state index in [1.54, 1.807) is 36.0 Å². The van der Waals surface area contributed by atoms with Gasteiger partial charge in [-0.3, -0.25) is 4.40 Å². The molecule has 0 saturated heterocycles. The van der Waals surface area contributed by atoms with Crippen LogP contribution in [0.5, 0.6) is 11.5 Å². The van der Waals surface area contributed by atoms with Crippen LogP contribution in [0.3, 0.4) is 0 Å². The topological polar surface area (TPSA) is 111 Å². The fraction of sp³-hybridized carbons (Fsp3) is 0.0833. The molecule has 2 heterocycles. The van der Waals surface area contributed by atoms with Crippen molar-refractivity contribution in [2.45, 2.75) is 0 Å². The van der Waals surface area contributed by atoms with Crippen LogP contribution < -0.4 is 15.8 Å². The highest BCUT2D eigenvalue weighted by Crippen LogP contribution is 2.30. The first kappa shape index (κ1) is 12.0. The molecule has 0 amide bonds. The Morgan fingerprint density at radius 2 is 2.20 bits per heavy atom. The van der Waals surface area contributed by atoms with E-state index in [0.717, 1.165) is 0 Å². The van der Waals surface area contributed by atoms with Crippen LogP contribution in [0, 0.1) is 0 Å². The zero-order valence-corrected chi connectivity index (χ0v) is 10.6. The summed E-state index contributed by atoms with van der Waals surface area (Å²) in [6.45, 7) is 0. The molecule has 0 unspecified atom stereocenters. The molecular weight excluding hydrogens is 260 g/mol.